The number of aromatic amines is 1. The number of halogens is 2. The number of phenolic OH excluding ortho intramolecular Hbond substituents is 1. The molecule has 4 aromatic rings. The van der Waals surface area contributed by atoms with Crippen molar-refractivity contribution in [3.63, 3.8) is 0 Å². The maximum atomic E-state index is 9.78. The van der Waals surface area contributed by atoms with Gasteiger partial charge in [0, 0.05) is 27.4 Å². The second-order valence-electron chi connectivity index (χ2n) is 6.89. The average Bonchev–Trinajstić information content (AvgIpc) is 3.03. The monoisotopic (exact) mass is 433 g/mol. The number of nitrogens with zero attached hydrogens (tertiary/aromatic N) is 2. The average molecular weight is 434 g/mol. The van der Waals surface area contributed by atoms with E-state index in [9.17, 15) is 5.11 Å². The lowest BCUT2D eigenvalue weighted by molar-refractivity contribution is 0.230. The Bertz CT molecular complexity index is 1210. The minimum Gasteiger partial charge on any atom is -0.506 e. The van der Waals surface area contributed by atoms with Gasteiger partial charge in [0.15, 0.2) is 17.1 Å². The summed E-state index contributed by atoms with van der Waals surface area (Å²) in [5, 5.41) is 20.1. The first-order valence-corrected chi connectivity index (χ1v) is 9.28. The number of aryl methyl sites for hydroxylation is 1. The van der Waals surface area contributed by atoms with Gasteiger partial charge in [0.25, 0.3) is 0 Å². The summed E-state index contributed by atoms with van der Waals surface area (Å²) in [6, 6.07) is 8.90. The molecule has 4 rings (SSSR count). The number of pyridine rings is 1. The van der Waals surface area contributed by atoms with Gasteiger partial charge in [-0.3, -0.25) is 5.10 Å². The van der Waals surface area contributed by atoms with Crippen LogP contribution in [0.5, 0.6) is 17.2 Å². The normalized spacial score (nSPS) is 11.1. The number of phenols is 1. The number of ether oxygens (including phenoxy) is 2. The largest absolute Gasteiger partial charge is 0.506 e. The SMILES string of the molecule is COc1cc2c(-c3ccc(O)c(Cl)c3)nc3n[nH]c(C)c3c2cc1OC(C)C.Cl. The maximum Gasteiger partial charge on any atom is 0.182 e. The third-order valence-corrected chi connectivity index (χ3v) is 4.86. The number of fused-ring (bicyclic) bond motifs is 3. The van der Waals surface area contributed by atoms with E-state index in [2.05, 4.69) is 10.2 Å². The van der Waals surface area contributed by atoms with Crippen molar-refractivity contribution >= 4 is 45.8 Å². The van der Waals surface area contributed by atoms with Crippen molar-refractivity contribution in [2.75, 3.05) is 7.11 Å². The highest BCUT2D eigenvalue weighted by molar-refractivity contribution is 6.32. The molecule has 0 saturated heterocycles. The predicted molar refractivity (Wildman–Crippen MR) is 118 cm³/mol. The molecule has 2 aromatic carbocycles. The number of methoxy groups -OCH3 is 1. The Kier molecular flexibility index (Phi) is 5.78. The Labute approximate surface area is 179 Å². The number of benzene rings is 2. The Morgan fingerprint density at radius 2 is 1.83 bits per heavy atom. The van der Waals surface area contributed by atoms with Gasteiger partial charge in [0.1, 0.15) is 5.75 Å². The second kappa shape index (κ2) is 7.97. The Balaban J connectivity index is 0.00000240. The molecule has 0 amide bonds. The molecule has 0 radical (unpaired) electrons. The number of aromatic hydroxyl groups is 1. The van der Waals surface area contributed by atoms with E-state index < -0.39 is 0 Å². The molecule has 0 aliphatic rings. The van der Waals surface area contributed by atoms with Gasteiger partial charge in [-0.2, -0.15) is 5.10 Å². The summed E-state index contributed by atoms with van der Waals surface area (Å²) in [7, 11) is 1.61. The molecule has 2 heterocycles. The molecule has 2 N–H and O–H groups in total. The standard InChI is InChI=1S/C21H20ClN3O3.ClH/c1-10(2)28-18-8-13-14(9-17(18)27-4)20(12-5-6-16(26)15(22)7-12)23-21-19(13)11(3)24-25-21;/h5-10,26H,1-4H3,(H,23,24,25);1H. The highest BCUT2D eigenvalue weighted by atomic mass is 35.5. The summed E-state index contributed by atoms with van der Waals surface area (Å²) in [6.45, 7) is 5.90. The van der Waals surface area contributed by atoms with Crippen molar-refractivity contribution in [2.45, 2.75) is 26.9 Å². The molecule has 152 valence electrons. The van der Waals surface area contributed by atoms with Crippen LogP contribution in [-0.2, 0) is 0 Å². The molecule has 6 nitrogen and oxygen atoms in total. The van der Waals surface area contributed by atoms with E-state index in [1.807, 2.05) is 32.9 Å². The lowest BCUT2D eigenvalue weighted by atomic mass is 10.00. The first kappa shape index (κ1) is 21.0. The van der Waals surface area contributed by atoms with Gasteiger partial charge in [-0.1, -0.05) is 11.6 Å². The second-order valence-corrected chi connectivity index (χ2v) is 7.30. The fourth-order valence-corrected chi connectivity index (χ4v) is 3.51. The third kappa shape index (κ3) is 3.66. The van der Waals surface area contributed by atoms with Gasteiger partial charge in [0.2, 0.25) is 0 Å². The van der Waals surface area contributed by atoms with Crippen LogP contribution in [-0.4, -0.2) is 33.5 Å². The van der Waals surface area contributed by atoms with Gasteiger partial charge in [-0.25, -0.2) is 4.98 Å². The summed E-state index contributed by atoms with van der Waals surface area (Å²) in [5.41, 5.74) is 2.99. The molecule has 29 heavy (non-hydrogen) atoms. The smallest absolute Gasteiger partial charge is 0.182 e. The van der Waals surface area contributed by atoms with Crippen molar-refractivity contribution in [3.05, 3.63) is 41.0 Å². The van der Waals surface area contributed by atoms with Crippen LogP contribution in [0.15, 0.2) is 30.3 Å². The van der Waals surface area contributed by atoms with E-state index in [-0.39, 0.29) is 29.3 Å². The van der Waals surface area contributed by atoms with Crippen LogP contribution < -0.4 is 9.47 Å². The zero-order valence-corrected chi connectivity index (χ0v) is 18.0. The first-order valence-electron chi connectivity index (χ1n) is 8.91. The molecule has 0 fully saturated rings. The van der Waals surface area contributed by atoms with E-state index in [0.29, 0.717) is 22.8 Å². The van der Waals surface area contributed by atoms with Crippen LogP contribution in [0.25, 0.3) is 33.1 Å². The third-order valence-electron chi connectivity index (χ3n) is 4.56. The summed E-state index contributed by atoms with van der Waals surface area (Å²) in [4.78, 5) is 4.75. The Hall–Kier alpha value is -2.70. The van der Waals surface area contributed by atoms with Crippen molar-refractivity contribution in [1.82, 2.24) is 15.2 Å². The fourth-order valence-electron chi connectivity index (χ4n) is 3.33. The summed E-state index contributed by atoms with van der Waals surface area (Å²) >= 11 is 6.13. The topological polar surface area (TPSA) is 80.3 Å². The maximum absolute atomic E-state index is 9.78. The zero-order chi connectivity index (χ0) is 20.0. The number of nitrogens with one attached hydrogen (secondary N) is 1. The number of H-pyrrole nitrogens is 1. The molecule has 0 atom stereocenters. The molecule has 0 aliphatic carbocycles. The van der Waals surface area contributed by atoms with Crippen LogP contribution in [0.2, 0.25) is 5.02 Å². The highest BCUT2D eigenvalue weighted by Gasteiger charge is 2.19. The van der Waals surface area contributed by atoms with Crippen LogP contribution in [0.1, 0.15) is 19.5 Å². The number of rotatable bonds is 4. The van der Waals surface area contributed by atoms with Crippen LogP contribution in [0, 0.1) is 6.92 Å². The Morgan fingerprint density at radius 3 is 2.48 bits per heavy atom. The molecular weight excluding hydrogens is 413 g/mol. The number of hydrogen-bond donors (Lipinski definition) is 2. The van der Waals surface area contributed by atoms with E-state index in [0.717, 1.165) is 27.4 Å². The van der Waals surface area contributed by atoms with Crippen LogP contribution in [0.3, 0.4) is 0 Å². The quantitative estimate of drug-likeness (QED) is 0.433. The molecule has 0 spiro atoms. The molecule has 0 bridgehead atoms. The van der Waals surface area contributed by atoms with Crippen LogP contribution in [0.4, 0.5) is 0 Å². The molecular formula is C21H21Cl2N3O3. The molecule has 0 saturated carbocycles. The first-order chi connectivity index (χ1) is 13.4. The van der Waals surface area contributed by atoms with Crippen molar-refractivity contribution < 1.29 is 14.6 Å². The van der Waals surface area contributed by atoms with Gasteiger partial charge >= 0.3 is 0 Å². The predicted octanol–water partition coefficient (Wildman–Crippen LogP) is 5.66. The minimum absolute atomic E-state index is 0. The van der Waals surface area contributed by atoms with E-state index >= 15 is 0 Å². The fraction of sp³-hybridized carbons (Fsp3) is 0.238. The zero-order valence-electron chi connectivity index (χ0n) is 16.4. The molecule has 0 unspecified atom stereocenters. The van der Waals surface area contributed by atoms with Gasteiger partial charge < -0.3 is 14.6 Å². The summed E-state index contributed by atoms with van der Waals surface area (Å²) < 4.78 is 11.5. The summed E-state index contributed by atoms with van der Waals surface area (Å²) in [5.74, 6) is 1.30. The van der Waals surface area contributed by atoms with Crippen molar-refractivity contribution in [3.8, 4) is 28.5 Å². The number of aromatic nitrogens is 3. The van der Waals surface area contributed by atoms with Crippen molar-refractivity contribution in [1.29, 1.82) is 0 Å². The number of hydrogen-bond acceptors (Lipinski definition) is 5. The van der Waals surface area contributed by atoms with Crippen molar-refractivity contribution in [2.24, 2.45) is 0 Å². The van der Waals surface area contributed by atoms with Gasteiger partial charge in [-0.15, -0.1) is 12.4 Å². The van der Waals surface area contributed by atoms with Gasteiger partial charge in [-0.05, 0) is 51.1 Å². The molecule has 0 aliphatic heterocycles. The summed E-state index contributed by atoms with van der Waals surface area (Å²) in [6.07, 6.45) is 0.00417. The minimum atomic E-state index is 0. The van der Waals surface area contributed by atoms with E-state index in [4.69, 9.17) is 26.1 Å². The molecule has 2 aromatic heterocycles. The lowest BCUT2D eigenvalue weighted by Crippen LogP contribution is -2.07. The lowest BCUT2D eigenvalue weighted by Gasteiger charge is -2.16. The van der Waals surface area contributed by atoms with Crippen LogP contribution >= 0.6 is 24.0 Å². The molecule has 8 heteroatoms. The van der Waals surface area contributed by atoms with E-state index in [1.54, 1.807) is 25.3 Å². The van der Waals surface area contributed by atoms with Gasteiger partial charge in [0.05, 0.1) is 23.9 Å². The van der Waals surface area contributed by atoms with E-state index in [1.165, 1.54) is 0 Å². The highest BCUT2D eigenvalue weighted by Crippen LogP contribution is 2.41. The Morgan fingerprint density at radius 1 is 1.10 bits per heavy atom.